The molecule has 90 valence electrons. The van der Waals surface area contributed by atoms with Crippen molar-refractivity contribution in [2.75, 3.05) is 39.1 Å². The molecule has 0 aliphatic carbocycles. The number of likely N-dealkylation sites (N-methyl/N-ethyl adjacent to an activating group) is 2. The fourth-order valence-corrected chi connectivity index (χ4v) is 1.51. The fourth-order valence-electron chi connectivity index (χ4n) is 1.51. The highest BCUT2D eigenvalue weighted by Gasteiger charge is 2.03. The van der Waals surface area contributed by atoms with E-state index in [0.717, 1.165) is 13.1 Å². The third-order valence-corrected chi connectivity index (χ3v) is 2.74. The minimum absolute atomic E-state index is 0.112. The average Bonchev–Trinajstić information content (AvgIpc) is 2.26. The van der Waals surface area contributed by atoms with E-state index >= 15 is 0 Å². The van der Waals surface area contributed by atoms with E-state index in [1.54, 1.807) is 0 Å². The Kier molecular flexibility index (Phi) is 4.77. The number of hydrogen-bond acceptors (Lipinski definition) is 3. The van der Waals surface area contributed by atoms with Gasteiger partial charge in [-0.2, -0.15) is 0 Å². The smallest absolute Gasteiger partial charge is 0.0364 e. The molecule has 0 aromatic heterocycles. The monoisotopic (exact) mass is 221 g/mol. The molecule has 2 N–H and O–H groups in total. The summed E-state index contributed by atoms with van der Waals surface area (Å²) in [5.41, 5.74) is 8.24. The van der Waals surface area contributed by atoms with Gasteiger partial charge < -0.3 is 15.5 Å². The molecule has 0 spiro atoms. The van der Waals surface area contributed by atoms with E-state index in [1.807, 2.05) is 6.92 Å². The summed E-state index contributed by atoms with van der Waals surface area (Å²) in [5, 5.41) is 0. The van der Waals surface area contributed by atoms with Crippen LogP contribution in [0.25, 0.3) is 0 Å². The number of anilines is 1. The van der Waals surface area contributed by atoms with Crippen molar-refractivity contribution in [3.63, 3.8) is 0 Å². The van der Waals surface area contributed by atoms with Crippen molar-refractivity contribution in [2.24, 2.45) is 5.73 Å². The Bertz CT molecular complexity index is 303. The molecule has 1 aromatic rings. The summed E-state index contributed by atoms with van der Waals surface area (Å²) in [6, 6.07) is 8.59. The van der Waals surface area contributed by atoms with Crippen LogP contribution >= 0.6 is 0 Å². The molecule has 0 saturated carbocycles. The van der Waals surface area contributed by atoms with Gasteiger partial charge in [0.15, 0.2) is 0 Å². The molecule has 0 aliphatic heterocycles. The highest BCUT2D eigenvalue weighted by molar-refractivity contribution is 5.47. The van der Waals surface area contributed by atoms with Crippen LogP contribution in [-0.4, -0.2) is 39.1 Å². The summed E-state index contributed by atoms with van der Waals surface area (Å²) < 4.78 is 0. The molecule has 0 fully saturated rings. The second kappa shape index (κ2) is 5.87. The zero-order valence-corrected chi connectivity index (χ0v) is 10.8. The predicted octanol–water partition coefficient (Wildman–Crippen LogP) is 1.70. The van der Waals surface area contributed by atoms with E-state index in [4.69, 9.17) is 5.73 Å². The van der Waals surface area contributed by atoms with Gasteiger partial charge in [-0.25, -0.2) is 0 Å². The minimum Gasteiger partial charge on any atom is -0.373 e. The molecule has 16 heavy (non-hydrogen) atoms. The lowest BCUT2D eigenvalue weighted by Crippen LogP contribution is -2.28. The third kappa shape index (κ3) is 3.83. The quantitative estimate of drug-likeness (QED) is 0.821. The van der Waals surface area contributed by atoms with Crippen LogP contribution in [0.5, 0.6) is 0 Å². The molecular formula is C13H23N3. The van der Waals surface area contributed by atoms with Crippen molar-refractivity contribution >= 4 is 5.69 Å². The molecule has 1 rings (SSSR count). The predicted molar refractivity (Wildman–Crippen MR) is 70.9 cm³/mol. The van der Waals surface area contributed by atoms with Crippen molar-refractivity contribution < 1.29 is 0 Å². The van der Waals surface area contributed by atoms with E-state index < -0.39 is 0 Å². The van der Waals surface area contributed by atoms with Crippen LogP contribution in [0.3, 0.4) is 0 Å². The maximum atomic E-state index is 5.82. The highest BCUT2D eigenvalue weighted by atomic mass is 15.1. The molecule has 0 heterocycles. The summed E-state index contributed by atoms with van der Waals surface area (Å²) in [6.07, 6.45) is 0. The molecule has 1 atom stereocenters. The normalized spacial score (nSPS) is 12.9. The fraction of sp³-hybridized carbons (Fsp3) is 0.538. The topological polar surface area (TPSA) is 32.5 Å². The SMILES string of the molecule is C[C@@H](N)c1ccc(N(C)CCN(C)C)cc1. The lowest BCUT2D eigenvalue weighted by Gasteiger charge is -2.22. The van der Waals surface area contributed by atoms with E-state index in [2.05, 4.69) is 55.2 Å². The first-order valence-electron chi connectivity index (χ1n) is 5.72. The number of benzene rings is 1. The largest absolute Gasteiger partial charge is 0.373 e. The molecule has 0 amide bonds. The molecule has 3 nitrogen and oxygen atoms in total. The third-order valence-electron chi connectivity index (χ3n) is 2.74. The van der Waals surface area contributed by atoms with Gasteiger partial charge in [-0.05, 0) is 38.7 Å². The average molecular weight is 221 g/mol. The Morgan fingerprint density at radius 1 is 1.06 bits per heavy atom. The van der Waals surface area contributed by atoms with Crippen LogP contribution in [0.4, 0.5) is 5.69 Å². The summed E-state index contributed by atoms with van der Waals surface area (Å²) in [7, 11) is 6.30. The number of nitrogens with two attached hydrogens (primary N) is 1. The van der Waals surface area contributed by atoms with Crippen LogP contribution in [0.2, 0.25) is 0 Å². The lowest BCUT2D eigenvalue weighted by atomic mass is 10.1. The molecule has 1 aromatic carbocycles. The lowest BCUT2D eigenvalue weighted by molar-refractivity contribution is 0.416. The van der Waals surface area contributed by atoms with Crippen LogP contribution in [0.1, 0.15) is 18.5 Å². The van der Waals surface area contributed by atoms with Gasteiger partial charge >= 0.3 is 0 Å². The van der Waals surface area contributed by atoms with E-state index in [-0.39, 0.29) is 6.04 Å². The van der Waals surface area contributed by atoms with Gasteiger partial charge in [-0.15, -0.1) is 0 Å². The van der Waals surface area contributed by atoms with E-state index in [9.17, 15) is 0 Å². The minimum atomic E-state index is 0.112. The van der Waals surface area contributed by atoms with Crippen molar-refractivity contribution in [2.45, 2.75) is 13.0 Å². The molecule has 0 unspecified atom stereocenters. The Balaban J connectivity index is 2.59. The molecular weight excluding hydrogens is 198 g/mol. The van der Waals surface area contributed by atoms with Gasteiger partial charge in [0.1, 0.15) is 0 Å². The second-order valence-electron chi connectivity index (χ2n) is 4.61. The van der Waals surface area contributed by atoms with Crippen LogP contribution in [0, 0.1) is 0 Å². The van der Waals surface area contributed by atoms with E-state index in [0.29, 0.717) is 0 Å². The molecule has 0 saturated heterocycles. The van der Waals surface area contributed by atoms with Gasteiger partial charge in [0.05, 0.1) is 0 Å². The Labute approximate surface area is 98.8 Å². The Morgan fingerprint density at radius 2 is 1.62 bits per heavy atom. The van der Waals surface area contributed by atoms with Gasteiger partial charge in [0.25, 0.3) is 0 Å². The summed E-state index contributed by atoms with van der Waals surface area (Å²) in [6.45, 7) is 4.10. The molecule has 0 bridgehead atoms. The number of hydrogen-bond donors (Lipinski definition) is 1. The number of nitrogens with zero attached hydrogens (tertiary/aromatic N) is 2. The summed E-state index contributed by atoms with van der Waals surface area (Å²) >= 11 is 0. The number of rotatable bonds is 5. The highest BCUT2D eigenvalue weighted by Crippen LogP contribution is 2.16. The molecule has 0 aliphatic rings. The van der Waals surface area contributed by atoms with Gasteiger partial charge in [-0.3, -0.25) is 0 Å². The summed E-state index contributed by atoms with van der Waals surface area (Å²) in [4.78, 5) is 4.44. The molecule has 0 radical (unpaired) electrons. The Hall–Kier alpha value is -1.06. The first-order valence-corrected chi connectivity index (χ1v) is 5.72. The van der Waals surface area contributed by atoms with Crippen molar-refractivity contribution in [1.29, 1.82) is 0 Å². The van der Waals surface area contributed by atoms with Crippen molar-refractivity contribution in [3.8, 4) is 0 Å². The van der Waals surface area contributed by atoms with Crippen molar-refractivity contribution in [3.05, 3.63) is 29.8 Å². The van der Waals surface area contributed by atoms with Crippen LogP contribution in [-0.2, 0) is 0 Å². The Morgan fingerprint density at radius 3 is 2.06 bits per heavy atom. The maximum Gasteiger partial charge on any atom is 0.0364 e. The first kappa shape index (κ1) is 13.0. The van der Waals surface area contributed by atoms with E-state index in [1.165, 1.54) is 11.3 Å². The standard InChI is InChI=1S/C13H23N3/c1-11(14)12-5-7-13(8-6-12)16(4)10-9-15(2)3/h5-8,11H,9-10,14H2,1-4H3/t11-/m1/s1. The van der Waals surface area contributed by atoms with Gasteiger partial charge in [-0.1, -0.05) is 12.1 Å². The first-order chi connectivity index (χ1) is 7.50. The van der Waals surface area contributed by atoms with Gasteiger partial charge in [0.2, 0.25) is 0 Å². The summed E-state index contributed by atoms with van der Waals surface area (Å²) in [5.74, 6) is 0. The van der Waals surface area contributed by atoms with Gasteiger partial charge in [0, 0.05) is 31.9 Å². The van der Waals surface area contributed by atoms with Crippen LogP contribution in [0.15, 0.2) is 24.3 Å². The zero-order valence-electron chi connectivity index (χ0n) is 10.8. The molecule has 3 heteroatoms. The zero-order chi connectivity index (χ0) is 12.1. The maximum absolute atomic E-state index is 5.82. The van der Waals surface area contributed by atoms with Crippen LogP contribution < -0.4 is 10.6 Å². The van der Waals surface area contributed by atoms with Crippen molar-refractivity contribution in [1.82, 2.24) is 4.90 Å². The second-order valence-corrected chi connectivity index (χ2v) is 4.61.